The Morgan fingerprint density at radius 2 is 2.13 bits per heavy atom. The zero-order chi connectivity index (χ0) is 10.4. The molecule has 2 aromatic heterocycles. The summed E-state index contributed by atoms with van der Waals surface area (Å²) in [6, 6.07) is 3.71. The summed E-state index contributed by atoms with van der Waals surface area (Å²) < 4.78 is 10.6. The van der Waals surface area contributed by atoms with Crippen molar-refractivity contribution in [2.24, 2.45) is 0 Å². The molecule has 0 saturated carbocycles. The monoisotopic (exact) mass is 203 g/mol. The minimum atomic E-state index is 0.650. The Morgan fingerprint density at radius 1 is 1.27 bits per heavy atom. The molecular formula is C10H9N3O2. The minimum absolute atomic E-state index is 0.650. The molecule has 3 aromatic rings. The third-order valence-electron chi connectivity index (χ3n) is 2.32. The zero-order valence-corrected chi connectivity index (χ0v) is 8.37. The molecule has 76 valence electrons. The summed E-state index contributed by atoms with van der Waals surface area (Å²) >= 11 is 0. The number of hydrogen-bond donors (Lipinski definition) is 1. The van der Waals surface area contributed by atoms with Crippen molar-refractivity contribution in [2.45, 2.75) is 6.92 Å². The number of benzene rings is 1. The first-order chi connectivity index (χ1) is 7.28. The molecule has 0 bridgehead atoms. The lowest BCUT2D eigenvalue weighted by molar-refractivity contribution is 0.459. The van der Waals surface area contributed by atoms with E-state index in [1.54, 1.807) is 13.1 Å². The second-order valence-electron chi connectivity index (χ2n) is 3.33. The van der Waals surface area contributed by atoms with Crippen LogP contribution >= 0.6 is 0 Å². The van der Waals surface area contributed by atoms with E-state index in [-0.39, 0.29) is 0 Å². The molecule has 2 heterocycles. The van der Waals surface area contributed by atoms with Crippen LogP contribution in [0.1, 0.15) is 5.89 Å². The van der Waals surface area contributed by atoms with Crippen LogP contribution in [-0.2, 0) is 0 Å². The van der Waals surface area contributed by atoms with Crippen LogP contribution in [0, 0.1) is 6.92 Å². The molecule has 5 nitrogen and oxygen atoms in total. The summed E-state index contributed by atoms with van der Waals surface area (Å²) in [5.74, 6) is 1.36. The molecule has 0 aliphatic carbocycles. The van der Waals surface area contributed by atoms with Crippen LogP contribution in [0.25, 0.3) is 22.1 Å². The number of aromatic nitrogens is 2. The predicted octanol–water partition coefficient (Wildman–Crippen LogP) is 2.32. The summed E-state index contributed by atoms with van der Waals surface area (Å²) in [5.41, 5.74) is 2.24. The van der Waals surface area contributed by atoms with Gasteiger partial charge in [-0.25, -0.2) is 4.98 Å². The van der Waals surface area contributed by atoms with Crippen LogP contribution < -0.4 is 5.32 Å². The van der Waals surface area contributed by atoms with Gasteiger partial charge in [-0.1, -0.05) is 5.16 Å². The first-order valence-corrected chi connectivity index (χ1v) is 4.62. The first-order valence-electron chi connectivity index (χ1n) is 4.62. The van der Waals surface area contributed by atoms with Gasteiger partial charge in [-0.15, -0.1) is 0 Å². The van der Waals surface area contributed by atoms with Crippen LogP contribution in [0.2, 0.25) is 0 Å². The molecule has 0 saturated heterocycles. The number of hydrogen-bond acceptors (Lipinski definition) is 5. The Hall–Kier alpha value is -2.04. The van der Waals surface area contributed by atoms with Gasteiger partial charge in [0, 0.05) is 20.0 Å². The Kier molecular flexibility index (Phi) is 1.50. The van der Waals surface area contributed by atoms with E-state index in [1.165, 1.54) is 0 Å². The second-order valence-corrected chi connectivity index (χ2v) is 3.33. The maximum atomic E-state index is 5.40. The van der Waals surface area contributed by atoms with E-state index in [0.29, 0.717) is 17.3 Å². The van der Waals surface area contributed by atoms with Gasteiger partial charge in [-0.3, -0.25) is 0 Å². The lowest BCUT2D eigenvalue weighted by Crippen LogP contribution is -1.86. The molecule has 1 aromatic carbocycles. The van der Waals surface area contributed by atoms with Gasteiger partial charge in [0.1, 0.15) is 5.52 Å². The van der Waals surface area contributed by atoms with E-state index in [0.717, 1.165) is 16.5 Å². The van der Waals surface area contributed by atoms with E-state index < -0.39 is 0 Å². The Labute approximate surface area is 85.1 Å². The lowest BCUT2D eigenvalue weighted by Gasteiger charge is -1.91. The number of rotatable bonds is 1. The molecule has 5 heteroatoms. The number of nitrogens with one attached hydrogen (secondary N) is 1. The van der Waals surface area contributed by atoms with Gasteiger partial charge < -0.3 is 14.3 Å². The summed E-state index contributed by atoms with van der Waals surface area (Å²) in [6.45, 7) is 1.82. The third kappa shape index (κ3) is 1.09. The van der Waals surface area contributed by atoms with E-state index >= 15 is 0 Å². The van der Waals surface area contributed by atoms with Crippen LogP contribution in [-0.4, -0.2) is 17.2 Å². The van der Waals surface area contributed by atoms with Crippen LogP contribution in [0.4, 0.5) is 5.82 Å². The van der Waals surface area contributed by atoms with Crippen molar-refractivity contribution in [2.75, 3.05) is 12.4 Å². The van der Waals surface area contributed by atoms with Crippen molar-refractivity contribution < 1.29 is 8.94 Å². The van der Waals surface area contributed by atoms with Gasteiger partial charge in [0.15, 0.2) is 22.9 Å². The van der Waals surface area contributed by atoms with Crippen molar-refractivity contribution in [1.82, 2.24) is 10.1 Å². The van der Waals surface area contributed by atoms with Gasteiger partial charge in [-0.05, 0) is 6.07 Å². The summed E-state index contributed by atoms with van der Waals surface area (Å²) in [4.78, 5) is 4.25. The molecule has 1 N–H and O–H groups in total. The quantitative estimate of drug-likeness (QED) is 0.657. The van der Waals surface area contributed by atoms with Crippen molar-refractivity contribution in [3.63, 3.8) is 0 Å². The summed E-state index contributed by atoms with van der Waals surface area (Å²) in [5, 5.41) is 7.76. The molecule has 0 atom stereocenters. The zero-order valence-electron chi connectivity index (χ0n) is 8.37. The molecule has 0 aliphatic rings. The maximum Gasteiger partial charge on any atom is 0.192 e. The fraction of sp³-hybridized carbons (Fsp3) is 0.200. The first kappa shape index (κ1) is 8.28. The maximum absolute atomic E-state index is 5.40. The van der Waals surface area contributed by atoms with Gasteiger partial charge >= 0.3 is 0 Å². The van der Waals surface area contributed by atoms with E-state index in [9.17, 15) is 0 Å². The Balaban J connectivity index is 2.43. The fourth-order valence-corrected chi connectivity index (χ4v) is 1.66. The molecule has 0 spiro atoms. The van der Waals surface area contributed by atoms with E-state index in [1.807, 2.05) is 13.0 Å². The molecule has 0 aliphatic heterocycles. The Bertz CT molecular complexity index is 638. The number of aryl methyl sites for hydroxylation is 1. The molecule has 0 unspecified atom stereocenters. The van der Waals surface area contributed by atoms with Gasteiger partial charge in [0.2, 0.25) is 0 Å². The molecule has 3 rings (SSSR count). The van der Waals surface area contributed by atoms with Gasteiger partial charge in [0.05, 0.1) is 5.39 Å². The van der Waals surface area contributed by atoms with Crippen LogP contribution in [0.5, 0.6) is 0 Å². The summed E-state index contributed by atoms with van der Waals surface area (Å²) in [6.07, 6.45) is 0. The van der Waals surface area contributed by atoms with Crippen LogP contribution in [0.3, 0.4) is 0 Å². The molecular weight excluding hydrogens is 194 g/mol. The van der Waals surface area contributed by atoms with E-state index in [4.69, 9.17) is 8.94 Å². The highest BCUT2D eigenvalue weighted by atomic mass is 16.5. The van der Waals surface area contributed by atoms with Crippen molar-refractivity contribution in [3.05, 3.63) is 18.0 Å². The number of anilines is 1. The van der Waals surface area contributed by atoms with Gasteiger partial charge in [-0.2, -0.15) is 0 Å². The topological polar surface area (TPSA) is 64.1 Å². The fourth-order valence-electron chi connectivity index (χ4n) is 1.66. The molecule has 0 amide bonds. The predicted molar refractivity (Wildman–Crippen MR) is 55.9 cm³/mol. The molecule has 15 heavy (non-hydrogen) atoms. The Morgan fingerprint density at radius 3 is 2.93 bits per heavy atom. The van der Waals surface area contributed by atoms with Crippen molar-refractivity contribution in [3.8, 4) is 0 Å². The number of oxazole rings is 1. The highest BCUT2D eigenvalue weighted by Gasteiger charge is 2.11. The number of fused-ring (bicyclic) bond motifs is 2. The van der Waals surface area contributed by atoms with Crippen LogP contribution in [0.15, 0.2) is 21.1 Å². The standard InChI is InChI=1S/C10H9N3O2/c1-5-12-7-3-6-8(4-9(7)14-5)15-13-10(6)11-2/h3-4H,1-2H3,(H,11,13). The highest BCUT2D eigenvalue weighted by Crippen LogP contribution is 2.27. The average molecular weight is 203 g/mol. The highest BCUT2D eigenvalue weighted by molar-refractivity contribution is 5.97. The average Bonchev–Trinajstić information content (AvgIpc) is 2.75. The third-order valence-corrected chi connectivity index (χ3v) is 2.32. The van der Waals surface area contributed by atoms with Gasteiger partial charge in [0.25, 0.3) is 0 Å². The smallest absolute Gasteiger partial charge is 0.192 e. The SMILES string of the molecule is CNc1noc2cc3oc(C)nc3cc12. The van der Waals surface area contributed by atoms with Crippen molar-refractivity contribution >= 4 is 27.9 Å². The van der Waals surface area contributed by atoms with E-state index in [2.05, 4.69) is 15.5 Å². The molecule has 0 radical (unpaired) electrons. The largest absolute Gasteiger partial charge is 0.441 e. The lowest BCUT2D eigenvalue weighted by atomic mass is 10.2. The second kappa shape index (κ2) is 2.73. The van der Waals surface area contributed by atoms with Crippen molar-refractivity contribution in [1.29, 1.82) is 0 Å². The minimum Gasteiger partial charge on any atom is -0.441 e. The molecule has 0 fully saturated rings. The summed E-state index contributed by atoms with van der Waals surface area (Å²) in [7, 11) is 1.80. The normalized spacial score (nSPS) is 11.3. The number of nitrogens with zero attached hydrogens (tertiary/aromatic N) is 2.